The van der Waals surface area contributed by atoms with Gasteiger partial charge in [0.2, 0.25) is 0 Å². The predicted molar refractivity (Wildman–Crippen MR) is 96.0 cm³/mol. The first-order valence-corrected chi connectivity index (χ1v) is 9.09. The molecule has 0 radical (unpaired) electrons. The maximum absolute atomic E-state index is 12.9. The summed E-state index contributed by atoms with van der Waals surface area (Å²) >= 11 is 0. The van der Waals surface area contributed by atoms with Crippen LogP contribution in [-0.4, -0.2) is 46.2 Å². The number of ether oxygens (including phenoxy) is 1. The van der Waals surface area contributed by atoms with Crippen molar-refractivity contribution in [2.24, 2.45) is 0 Å². The second kappa shape index (κ2) is 6.02. The summed E-state index contributed by atoms with van der Waals surface area (Å²) in [6.45, 7) is 3.55. The third-order valence-electron chi connectivity index (χ3n) is 5.70. The van der Waals surface area contributed by atoms with Gasteiger partial charge in [0, 0.05) is 31.8 Å². The van der Waals surface area contributed by atoms with E-state index in [0.29, 0.717) is 18.2 Å². The standard InChI is InChI=1S/C19H25N3O3/c1-19(25-2)8-3-10-21(11-9-19)17(23)13-4-7-16-15(12-13)20-18(24)22(16)14-5-6-14/h4,7,12,14H,3,5-6,8-11H2,1-2H3,(H,20,24). The van der Waals surface area contributed by atoms with Crippen LogP contribution < -0.4 is 5.69 Å². The molecule has 0 bridgehead atoms. The fourth-order valence-corrected chi connectivity index (χ4v) is 3.80. The molecule has 0 spiro atoms. The zero-order valence-corrected chi connectivity index (χ0v) is 14.9. The third kappa shape index (κ3) is 2.99. The molecule has 1 atom stereocenters. The predicted octanol–water partition coefficient (Wildman–Crippen LogP) is 2.70. The first kappa shape index (κ1) is 16.4. The van der Waals surface area contributed by atoms with Crippen molar-refractivity contribution in [2.45, 2.75) is 50.7 Å². The molecule has 1 saturated carbocycles. The molecule has 134 valence electrons. The van der Waals surface area contributed by atoms with Gasteiger partial charge in [0.1, 0.15) is 0 Å². The molecule has 2 heterocycles. The van der Waals surface area contributed by atoms with Gasteiger partial charge in [-0.3, -0.25) is 9.36 Å². The molecule has 1 N–H and O–H groups in total. The fourth-order valence-electron chi connectivity index (χ4n) is 3.80. The highest BCUT2D eigenvalue weighted by molar-refractivity contribution is 5.97. The highest BCUT2D eigenvalue weighted by Gasteiger charge is 2.30. The van der Waals surface area contributed by atoms with Crippen molar-refractivity contribution in [1.82, 2.24) is 14.5 Å². The Morgan fingerprint density at radius 3 is 2.80 bits per heavy atom. The highest BCUT2D eigenvalue weighted by atomic mass is 16.5. The zero-order chi connectivity index (χ0) is 17.6. The molecule has 2 aliphatic rings. The molecule has 6 heteroatoms. The van der Waals surface area contributed by atoms with Gasteiger partial charge in [-0.2, -0.15) is 0 Å². The quantitative estimate of drug-likeness (QED) is 0.932. The van der Waals surface area contributed by atoms with Crippen molar-refractivity contribution in [3.05, 3.63) is 34.2 Å². The molecule has 1 saturated heterocycles. The van der Waals surface area contributed by atoms with E-state index in [9.17, 15) is 9.59 Å². The van der Waals surface area contributed by atoms with Gasteiger partial charge in [0.25, 0.3) is 5.91 Å². The summed E-state index contributed by atoms with van der Waals surface area (Å²) < 4.78 is 7.43. The number of aromatic nitrogens is 2. The third-order valence-corrected chi connectivity index (χ3v) is 5.70. The number of amides is 1. The van der Waals surface area contributed by atoms with Crippen LogP contribution in [0.15, 0.2) is 23.0 Å². The number of imidazole rings is 1. The number of carbonyl (C=O) groups excluding carboxylic acids is 1. The molecule has 2 aromatic rings. The van der Waals surface area contributed by atoms with Gasteiger partial charge in [-0.05, 0) is 57.2 Å². The maximum atomic E-state index is 12.9. The van der Waals surface area contributed by atoms with E-state index in [-0.39, 0.29) is 17.2 Å². The first-order chi connectivity index (χ1) is 12.0. The molecular formula is C19H25N3O3. The summed E-state index contributed by atoms with van der Waals surface area (Å²) in [6, 6.07) is 5.88. The molecule has 25 heavy (non-hydrogen) atoms. The number of nitrogens with one attached hydrogen (secondary N) is 1. The van der Waals surface area contributed by atoms with Crippen LogP contribution in [0, 0.1) is 0 Å². The van der Waals surface area contributed by atoms with Gasteiger partial charge < -0.3 is 14.6 Å². The Morgan fingerprint density at radius 2 is 2.08 bits per heavy atom. The van der Waals surface area contributed by atoms with Crippen LogP contribution in [0.2, 0.25) is 0 Å². The van der Waals surface area contributed by atoms with Gasteiger partial charge in [0.15, 0.2) is 0 Å². The minimum absolute atomic E-state index is 0.0299. The largest absolute Gasteiger partial charge is 0.378 e. The topological polar surface area (TPSA) is 67.3 Å². The summed E-state index contributed by atoms with van der Waals surface area (Å²) in [6.07, 6.45) is 4.85. The summed E-state index contributed by atoms with van der Waals surface area (Å²) in [4.78, 5) is 29.9. The number of hydrogen-bond donors (Lipinski definition) is 1. The van der Waals surface area contributed by atoms with Crippen LogP contribution in [0.3, 0.4) is 0 Å². The molecule has 2 fully saturated rings. The number of hydrogen-bond acceptors (Lipinski definition) is 3. The van der Waals surface area contributed by atoms with Crippen LogP contribution in [0.5, 0.6) is 0 Å². The van der Waals surface area contributed by atoms with Gasteiger partial charge in [-0.15, -0.1) is 0 Å². The van der Waals surface area contributed by atoms with E-state index >= 15 is 0 Å². The van der Waals surface area contributed by atoms with Gasteiger partial charge in [0.05, 0.1) is 16.6 Å². The summed E-state index contributed by atoms with van der Waals surface area (Å²) in [5.41, 5.74) is 2.06. The monoisotopic (exact) mass is 343 g/mol. The first-order valence-electron chi connectivity index (χ1n) is 9.09. The molecule has 1 aliphatic carbocycles. The van der Waals surface area contributed by atoms with E-state index in [4.69, 9.17) is 4.74 Å². The number of fused-ring (bicyclic) bond motifs is 1. The van der Waals surface area contributed by atoms with E-state index < -0.39 is 0 Å². The molecule has 4 rings (SSSR count). The van der Waals surface area contributed by atoms with Crippen molar-refractivity contribution in [3.8, 4) is 0 Å². The Balaban J connectivity index is 1.59. The van der Waals surface area contributed by atoms with Crippen LogP contribution in [0.1, 0.15) is 55.4 Å². The van der Waals surface area contributed by atoms with Crippen molar-refractivity contribution >= 4 is 16.9 Å². The van der Waals surface area contributed by atoms with Crippen LogP contribution in [0.25, 0.3) is 11.0 Å². The lowest BCUT2D eigenvalue weighted by molar-refractivity contribution is -0.00537. The van der Waals surface area contributed by atoms with Crippen molar-refractivity contribution in [3.63, 3.8) is 0 Å². The molecule has 1 aromatic carbocycles. The van der Waals surface area contributed by atoms with E-state index in [1.165, 1.54) is 0 Å². The Kier molecular flexibility index (Phi) is 3.95. The van der Waals surface area contributed by atoms with E-state index in [0.717, 1.165) is 49.7 Å². The summed E-state index contributed by atoms with van der Waals surface area (Å²) in [5.74, 6) is 0.0299. The Morgan fingerprint density at radius 1 is 1.28 bits per heavy atom. The lowest BCUT2D eigenvalue weighted by Gasteiger charge is -2.26. The lowest BCUT2D eigenvalue weighted by atomic mass is 9.97. The van der Waals surface area contributed by atoms with Gasteiger partial charge in [-0.25, -0.2) is 4.79 Å². The Hall–Kier alpha value is -2.08. The minimum atomic E-state index is -0.147. The second-order valence-corrected chi connectivity index (χ2v) is 7.56. The van der Waals surface area contributed by atoms with Gasteiger partial charge in [-0.1, -0.05) is 0 Å². The minimum Gasteiger partial charge on any atom is -0.378 e. The highest BCUT2D eigenvalue weighted by Crippen LogP contribution is 2.35. The lowest BCUT2D eigenvalue weighted by Crippen LogP contribution is -2.34. The van der Waals surface area contributed by atoms with Crippen LogP contribution >= 0.6 is 0 Å². The van der Waals surface area contributed by atoms with E-state index in [1.54, 1.807) is 7.11 Å². The number of rotatable bonds is 3. The summed E-state index contributed by atoms with van der Waals surface area (Å²) in [7, 11) is 1.74. The van der Waals surface area contributed by atoms with Crippen molar-refractivity contribution in [2.75, 3.05) is 20.2 Å². The molecule has 6 nitrogen and oxygen atoms in total. The normalized spacial score (nSPS) is 24.5. The number of likely N-dealkylation sites (tertiary alicyclic amines) is 1. The molecule has 1 aromatic heterocycles. The molecule has 1 aliphatic heterocycles. The molecule has 1 amide bonds. The van der Waals surface area contributed by atoms with E-state index in [1.807, 2.05) is 27.7 Å². The van der Waals surface area contributed by atoms with Crippen molar-refractivity contribution in [1.29, 1.82) is 0 Å². The average Bonchev–Trinajstić information content (AvgIpc) is 3.40. The number of aromatic amines is 1. The Bertz CT molecular complexity index is 864. The maximum Gasteiger partial charge on any atom is 0.326 e. The second-order valence-electron chi connectivity index (χ2n) is 7.56. The number of methoxy groups -OCH3 is 1. The number of nitrogens with zero attached hydrogens (tertiary/aromatic N) is 2. The van der Waals surface area contributed by atoms with E-state index in [2.05, 4.69) is 11.9 Å². The average molecular weight is 343 g/mol. The Labute approximate surface area is 146 Å². The molecule has 1 unspecified atom stereocenters. The SMILES string of the molecule is COC1(C)CCCN(C(=O)c2ccc3c(c2)[nH]c(=O)n3C2CC2)CC1. The van der Waals surface area contributed by atoms with Crippen molar-refractivity contribution < 1.29 is 9.53 Å². The number of H-pyrrole nitrogens is 1. The number of carbonyl (C=O) groups is 1. The fraction of sp³-hybridized carbons (Fsp3) is 0.579. The van der Waals surface area contributed by atoms with Gasteiger partial charge >= 0.3 is 5.69 Å². The smallest absolute Gasteiger partial charge is 0.326 e. The number of benzene rings is 1. The van der Waals surface area contributed by atoms with Crippen LogP contribution in [-0.2, 0) is 4.74 Å². The van der Waals surface area contributed by atoms with Crippen LogP contribution in [0.4, 0.5) is 0 Å². The molecular weight excluding hydrogens is 318 g/mol. The summed E-state index contributed by atoms with van der Waals surface area (Å²) in [5, 5.41) is 0. The zero-order valence-electron chi connectivity index (χ0n) is 14.9.